The third kappa shape index (κ3) is 7.57. The topological polar surface area (TPSA) is 105 Å². The lowest BCUT2D eigenvalue weighted by Crippen LogP contribution is -2.45. The lowest BCUT2D eigenvalue weighted by molar-refractivity contribution is -0.119. The van der Waals surface area contributed by atoms with E-state index in [4.69, 9.17) is 4.74 Å². The van der Waals surface area contributed by atoms with Crippen LogP contribution in [-0.4, -0.2) is 71.5 Å². The summed E-state index contributed by atoms with van der Waals surface area (Å²) in [6.45, 7) is 5.63. The summed E-state index contributed by atoms with van der Waals surface area (Å²) in [5, 5.41) is 2.87. The van der Waals surface area contributed by atoms with Crippen molar-refractivity contribution in [1.29, 1.82) is 0 Å². The Kier molecular flexibility index (Phi) is 8.46. The maximum Gasteiger partial charge on any atom is 0.408 e. The zero-order chi connectivity index (χ0) is 27.5. The predicted molar refractivity (Wildman–Crippen MR) is 146 cm³/mol. The van der Waals surface area contributed by atoms with Crippen molar-refractivity contribution >= 4 is 38.8 Å². The number of aliphatic imine (C=N–C) groups is 1. The van der Waals surface area contributed by atoms with E-state index < -0.39 is 33.5 Å². The van der Waals surface area contributed by atoms with Crippen LogP contribution < -0.4 is 5.32 Å². The smallest absolute Gasteiger partial charge is 0.408 e. The average Bonchev–Trinajstić information content (AvgIpc) is 3.28. The van der Waals surface area contributed by atoms with Gasteiger partial charge in [0.05, 0.1) is 17.5 Å². The summed E-state index contributed by atoms with van der Waals surface area (Å²) in [5.74, 6) is -0.865. The molecule has 2 amide bonds. The molecule has 0 aromatic heterocycles. The summed E-state index contributed by atoms with van der Waals surface area (Å²) in [7, 11) is -3.19. The van der Waals surface area contributed by atoms with Gasteiger partial charge >= 0.3 is 6.09 Å². The number of sulfone groups is 1. The number of thioether (sulfide) groups is 1. The van der Waals surface area contributed by atoms with Gasteiger partial charge in [-0.1, -0.05) is 54.2 Å². The number of nitrogens with one attached hydrogen (secondary N) is 1. The fraction of sp³-hybridized carbons (Fsp3) is 0.444. The summed E-state index contributed by atoms with van der Waals surface area (Å²) < 4.78 is 43.4. The number of amidine groups is 1. The molecule has 0 radical (unpaired) electrons. The summed E-state index contributed by atoms with van der Waals surface area (Å²) in [6, 6.07) is 14.1. The highest BCUT2D eigenvalue weighted by atomic mass is 32.2. The number of hydrogen-bond acceptors (Lipinski definition) is 6. The van der Waals surface area contributed by atoms with E-state index in [0.29, 0.717) is 18.1 Å². The first-order valence-corrected chi connectivity index (χ1v) is 15.1. The normalized spacial score (nSPS) is 22.2. The Hall–Kier alpha value is -2.92. The second kappa shape index (κ2) is 11.4. The Bertz CT molecular complexity index is 1290. The number of alkyl carbamates (subject to hydrolysis) is 1. The van der Waals surface area contributed by atoms with Crippen LogP contribution in [0.5, 0.6) is 0 Å². The van der Waals surface area contributed by atoms with Gasteiger partial charge in [-0.2, -0.15) is 4.99 Å². The van der Waals surface area contributed by atoms with Crippen molar-refractivity contribution in [3.8, 4) is 0 Å². The predicted octanol–water partition coefficient (Wildman–Crippen LogP) is 3.60. The van der Waals surface area contributed by atoms with E-state index in [1.54, 1.807) is 32.9 Å². The monoisotopic (exact) mass is 561 g/mol. The summed E-state index contributed by atoms with van der Waals surface area (Å²) in [5.41, 5.74) is 0.995. The number of benzene rings is 2. The van der Waals surface area contributed by atoms with Crippen molar-refractivity contribution in [3.63, 3.8) is 0 Å². The molecule has 11 heteroatoms. The average molecular weight is 562 g/mol. The third-order valence-corrected chi connectivity index (χ3v) is 9.45. The molecule has 3 atom stereocenters. The minimum Gasteiger partial charge on any atom is -0.444 e. The largest absolute Gasteiger partial charge is 0.444 e. The molecule has 0 spiro atoms. The highest BCUT2D eigenvalue weighted by Crippen LogP contribution is 2.38. The van der Waals surface area contributed by atoms with Crippen molar-refractivity contribution in [2.24, 2.45) is 4.99 Å². The van der Waals surface area contributed by atoms with Gasteiger partial charge in [0.1, 0.15) is 17.5 Å². The molecule has 0 aliphatic carbocycles. The van der Waals surface area contributed by atoms with Crippen LogP contribution in [0.4, 0.5) is 9.18 Å². The van der Waals surface area contributed by atoms with Crippen LogP contribution in [0.2, 0.25) is 0 Å². The molecule has 204 valence electrons. The number of amides is 2. The molecule has 8 nitrogen and oxygen atoms in total. The fourth-order valence-corrected chi connectivity index (χ4v) is 8.45. The quantitative estimate of drug-likeness (QED) is 0.551. The molecule has 2 fully saturated rings. The lowest BCUT2D eigenvalue weighted by Gasteiger charge is -2.25. The van der Waals surface area contributed by atoms with Gasteiger partial charge in [0.25, 0.3) is 5.91 Å². The number of nitrogens with zero attached hydrogens (tertiary/aromatic N) is 2. The second-order valence-corrected chi connectivity index (χ2v) is 13.9. The Balaban J connectivity index is 1.56. The molecular formula is C27H32FN3O5S2. The minimum absolute atomic E-state index is 0.00903. The van der Waals surface area contributed by atoms with E-state index in [9.17, 15) is 22.4 Å². The van der Waals surface area contributed by atoms with E-state index in [1.807, 2.05) is 35.2 Å². The molecule has 2 heterocycles. The van der Waals surface area contributed by atoms with Crippen LogP contribution >= 0.6 is 11.8 Å². The molecule has 2 aromatic rings. The molecule has 38 heavy (non-hydrogen) atoms. The second-order valence-electron chi connectivity index (χ2n) is 10.5. The number of hydrogen-bond donors (Lipinski definition) is 1. The van der Waals surface area contributed by atoms with Crippen molar-refractivity contribution in [3.05, 3.63) is 71.5 Å². The van der Waals surface area contributed by atoms with Crippen LogP contribution in [-0.2, 0) is 32.2 Å². The van der Waals surface area contributed by atoms with Crippen molar-refractivity contribution in [2.75, 3.05) is 18.1 Å². The highest BCUT2D eigenvalue weighted by Gasteiger charge is 2.48. The first-order valence-electron chi connectivity index (χ1n) is 12.4. The van der Waals surface area contributed by atoms with Gasteiger partial charge < -0.3 is 15.0 Å². The first kappa shape index (κ1) is 28.1. The Labute approximate surface area is 227 Å². The molecule has 1 N–H and O–H groups in total. The molecule has 4 rings (SSSR count). The molecule has 2 aliphatic rings. The van der Waals surface area contributed by atoms with E-state index >= 15 is 0 Å². The van der Waals surface area contributed by atoms with Gasteiger partial charge in [0, 0.05) is 18.2 Å². The third-order valence-electron chi connectivity index (χ3n) is 6.21. The van der Waals surface area contributed by atoms with Gasteiger partial charge in [-0.05, 0) is 50.5 Å². The maximum absolute atomic E-state index is 13.5. The van der Waals surface area contributed by atoms with Gasteiger partial charge in [-0.3, -0.25) is 4.79 Å². The number of carbonyl (C=O) groups excluding carboxylic acids is 2. The lowest BCUT2D eigenvalue weighted by atomic mass is 10.1. The Morgan fingerprint density at radius 3 is 2.45 bits per heavy atom. The standard InChI is InChI=1S/C27H32FN3O5S2/c1-27(2,3)36-26(33)29-21(15-19-7-5-4-6-8-19)24(32)30-25-31(14-13-18-9-11-20(28)12-10-18)22-16-38(34,35)17-23(22)37-25/h4-12,21-23H,13-17H2,1-3H3,(H,29,33)/t21-,22-,23-/m1/s1. The molecule has 2 saturated heterocycles. The number of halogens is 1. The maximum atomic E-state index is 13.5. The summed E-state index contributed by atoms with van der Waals surface area (Å²) >= 11 is 1.28. The van der Waals surface area contributed by atoms with Crippen LogP contribution in [0.3, 0.4) is 0 Å². The summed E-state index contributed by atoms with van der Waals surface area (Å²) in [6.07, 6.45) is 0.0279. The zero-order valence-corrected chi connectivity index (χ0v) is 23.2. The molecule has 0 saturated carbocycles. The van der Waals surface area contributed by atoms with Gasteiger partial charge in [-0.15, -0.1) is 0 Å². The summed E-state index contributed by atoms with van der Waals surface area (Å²) in [4.78, 5) is 32.3. The van der Waals surface area contributed by atoms with Crippen molar-refractivity contribution in [1.82, 2.24) is 10.2 Å². The first-order chi connectivity index (χ1) is 17.9. The van der Waals surface area contributed by atoms with E-state index in [-0.39, 0.29) is 35.0 Å². The molecule has 2 aromatic carbocycles. The van der Waals surface area contributed by atoms with Crippen LogP contribution in [0, 0.1) is 5.82 Å². The minimum atomic E-state index is -3.19. The van der Waals surface area contributed by atoms with Crippen molar-refractivity contribution < 1.29 is 27.1 Å². The molecule has 2 aliphatic heterocycles. The van der Waals surface area contributed by atoms with Gasteiger partial charge in [-0.25, -0.2) is 17.6 Å². The molecule has 0 bridgehead atoms. The Morgan fingerprint density at radius 1 is 1.11 bits per heavy atom. The number of ether oxygens (including phenoxy) is 1. The van der Waals surface area contributed by atoms with E-state index in [2.05, 4.69) is 10.3 Å². The van der Waals surface area contributed by atoms with Crippen LogP contribution in [0.25, 0.3) is 0 Å². The van der Waals surface area contributed by atoms with E-state index in [0.717, 1.165) is 11.1 Å². The highest BCUT2D eigenvalue weighted by molar-refractivity contribution is 8.15. The molecular weight excluding hydrogens is 529 g/mol. The molecule has 0 unspecified atom stereocenters. The number of carbonyl (C=O) groups is 2. The zero-order valence-electron chi connectivity index (χ0n) is 21.6. The van der Waals surface area contributed by atoms with Crippen LogP contribution in [0.1, 0.15) is 31.9 Å². The number of fused-ring (bicyclic) bond motifs is 1. The van der Waals surface area contributed by atoms with E-state index in [1.165, 1.54) is 23.9 Å². The fourth-order valence-electron chi connectivity index (χ4n) is 4.47. The van der Waals surface area contributed by atoms with Crippen LogP contribution in [0.15, 0.2) is 59.6 Å². The van der Waals surface area contributed by atoms with Gasteiger partial charge in [0.15, 0.2) is 15.0 Å². The number of rotatable bonds is 7. The Morgan fingerprint density at radius 2 is 1.79 bits per heavy atom. The van der Waals surface area contributed by atoms with Gasteiger partial charge in [0.2, 0.25) is 0 Å². The van der Waals surface area contributed by atoms with Crippen molar-refractivity contribution in [2.45, 2.75) is 56.5 Å². The SMILES string of the molecule is CC(C)(C)OC(=O)N[C@H](Cc1ccccc1)C(=O)N=C1S[C@@H]2CS(=O)(=O)C[C@H]2N1CCc1ccc(F)cc1.